The summed E-state index contributed by atoms with van der Waals surface area (Å²) in [6, 6.07) is 17.3. The zero-order valence-electron chi connectivity index (χ0n) is 13.9. The van der Waals surface area contributed by atoms with Gasteiger partial charge < -0.3 is 9.84 Å². The molecule has 0 aliphatic carbocycles. The second-order valence-corrected chi connectivity index (χ2v) is 6.05. The lowest BCUT2D eigenvalue weighted by atomic mass is 9.67. The molecular weight excluding hydrogens is 316 g/mol. The van der Waals surface area contributed by atoms with Gasteiger partial charge in [0.25, 0.3) is 0 Å². The fourth-order valence-electron chi connectivity index (χ4n) is 3.46. The van der Waals surface area contributed by atoms with Crippen molar-refractivity contribution in [3.05, 3.63) is 59.7 Å². The lowest BCUT2D eigenvalue weighted by molar-refractivity contribution is -0.137. The molecule has 3 rings (SSSR count). The Morgan fingerprint density at radius 1 is 1.28 bits per heavy atom. The van der Waals surface area contributed by atoms with Gasteiger partial charge in [0.05, 0.1) is 18.2 Å². The van der Waals surface area contributed by atoms with Crippen LogP contribution in [-0.2, 0) is 16.6 Å². The van der Waals surface area contributed by atoms with Crippen molar-refractivity contribution in [3.8, 4) is 11.8 Å². The Morgan fingerprint density at radius 2 is 2.00 bits per heavy atom. The Labute approximate surface area is 146 Å². The lowest BCUT2D eigenvalue weighted by Crippen LogP contribution is -2.40. The van der Waals surface area contributed by atoms with Crippen LogP contribution in [0.4, 0.5) is 5.69 Å². The highest BCUT2D eigenvalue weighted by molar-refractivity contribution is 6.09. The number of methoxy groups -OCH3 is 1. The van der Waals surface area contributed by atoms with Gasteiger partial charge in [-0.3, -0.25) is 4.79 Å². The number of carboxylic acids is 1. The van der Waals surface area contributed by atoms with Crippen molar-refractivity contribution in [2.75, 3.05) is 7.11 Å². The predicted molar refractivity (Wildman–Crippen MR) is 94.4 cm³/mol. The van der Waals surface area contributed by atoms with Crippen LogP contribution in [0.25, 0.3) is 0 Å². The Bertz CT molecular complexity index is 883. The number of ether oxygens (including phenoxy) is 1. The minimum atomic E-state index is -0.898. The highest BCUT2D eigenvalue weighted by atomic mass is 16.5. The first-order chi connectivity index (χ1) is 12.1. The number of carboxylic acid groups (broad SMARTS) is 1. The standard InChI is InChI=1S/C20H18N2O3/c1-25-17-9-5-3-7-15(17)20(11-10-19(23)24)12-14-6-2-4-8-16(14)22-18(20)13-21/h2-9H,10-12H2,1H3,(H,23,24). The van der Waals surface area contributed by atoms with E-state index in [1.165, 1.54) is 0 Å². The van der Waals surface area contributed by atoms with E-state index in [1.54, 1.807) is 7.11 Å². The third kappa shape index (κ3) is 2.99. The fourth-order valence-corrected chi connectivity index (χ4v) is 3.46. The molecule has 0 radical (unpaired) electrons. The fraction of sp³-hybridized carbons (Fsp3) is 0.250. The Hall–Kier alpha value is -3.13. The molecule has 5 heteroatoms. The van der Waals surface area contributed by atoms with Gasteiger partial charge in [0.1, 0.15) is 17.5 Å². The minimum Gasteiger partial charge on any atom is -0.496 e. The first-order valence-electron chi connectivity index (χ1n) is 8.03. The molecule has 1 aliphatic heterocycles. The largest absolute Gasteiger partial charge is 0.496 e. The molecule has 5 nitrogen and oxygen atoms in total. The summed E-state index contributed by atoms with van der Waals surface area (Å²) < 4.78 is 5.50. The summed E-state index contributed by atoms with van der Waals surface area (Å²) in [5, 5.41) is 19.0. The van der Waals surface area contributed by atoms with Gasteiger partial charge in [-0.1, -0.05) is 36.4 Å². The van der Waals surface area contributed by atoms with Crippen LogP contribution in [0.15, 0.2) is 53.5 Å². The van der Waals surface area contributed by atoms with Crippen LogP contribution >= 0.6 is 0 Å². The molecule has 1 heterocycles. The number of benzene rings is 2. The molecule has 2 aromatic rings. The average molecular weight is 334 g/mol. The number of para-hydroxylation sites is 2. The second kappa shape index (κ2) is 6.78. The predicted octanol–water partition coefficient (Wildman–Crippen LogP) is 3.65. The van der Waals surface area contributed by atoms with Crippen LogP contribution < -0.4 is 4.74 Å². The van der Waals surface area contributed by atoms with E-state index in [1.807, 2.05) is 48.5 Å². The summed E-state index contributed by atoms with van der Waals surface area (Å²) >= 11 is 0. The third-order valence-electron chi connectivity index (χ3n) is 4.66. The SMILES string of the molecule is COc1ccccc1C1(CCC(=O)O)Cc2ccccc2N=C1C#N. The van der Waals surface area contributed by atoms with Gasteiger partial charge in [0, 0.05) is 12.0 Å². The molecule has 0 fully saturated rings. The minimum absolute atomic E-state index is 0.0546. The van der Waals surface area contributed by atoms with Crippen LogP contribution in [0.1, 0.15) is 24.0 Å². The van der Waals surface area contributed by atoms with Crippen LogP contribution in [0.2, 0.25) is 0 Å². The molecule has 0 spiro atoms. The van der Waals surface area contributed by atoms with E-state index in [2.05, 4.69) is 11.1 Å². The number of hydrogen-bond donors (Lipinski definition) is 1. The smallest absolute Gasteiger partial charge is 0.303 e. The van der Waals surface area contributed by atoms with Gasteiger partial charge in [-0.25, -0.2) is 4.99 Å². The molecule has 0 amide bonds. The Morgan fingerprint density at radius 3 is 2.72 bits per heavy atom. The number of hydrogen-bond acceptors (Lipinski definition) is 4. The zero-order chi connectivity index (χ0) is 17.9. The summed E-state index contributed by atoms with van der Waals surface area (Å²) in [7, 11) is 1.57. The number of nitrogens with zero attached hydrogens (tertiary/aromatic N) is 2. The number of fused-ring (bicyclic) bond motifs is 1. The Balaban J connectivity index is 2.22. The quantitative estimate of drug-likeness (QED) is 0.904. The topological polar surface area (TPSA) is 82.7 Å². The summed E-state index contributed by atoms with van der Waals surface area (Å²) in [5.41, 5.74) is 2.08. The molecule has 1 N–H and O–H groups in total. The lowest BCUT2D eigenvalue weighted by Gasteiger charge is -2.37. The van der Waals surface area contributed by atoms with Crippen molar-refractivity contribution < 1.29 is 14.6 Å². The first-order valence-corrected chi connectivity index (χ1v) is 8.03. The molecular formula is C20H18N2O3. The molecule has 0 saturated heterocycles. The number of aliphatic imine (C=N–C) groups is 1. The third-order valence-corrected chi connectivity index (χ3v) is 4.66. The maximum absolute atomic E-state index is 11.3. The van der Waals surface area contributed by atoms with E-state index >= 15 is 0 Å². The maximum atomic E-state index is 11.3. The van der Waals surface area contributed by atoms with Crippen LogP contribution in [0.5, 0.6) is 5.75 Å². The number of carbonyl (C=O) groups is 1. The average Bonchev–Trinajstić information content (AvgIpc) is 2.65. The first kappa shape index (κ1) is 16.7. The zero-order valence-corrected chi connectivity index (χ0v) is 13.9. The van der Waals surface area contributed by atoms with Gasteiger partial charge >= 0.3 is 5.97 Å². The van der Waals surface area contributed by atoms with Crippen LogP contribution in [0, 0.1) is 11.3 Å². The summed E-state index contributed by atoms with van der Waals surface area (Å²) in [5.74, 6) is -0.263. The van der Waals surface area contributed by atoms with Crippen molar-refractivity contribution in [3.63, 3.8) is 0 Å². The van der Waals surface area contributed by atoms with Crippen LogP contribution in [0.3, 0.4) is 0 Å². The van der Waals surface area contributed by atoms with E-state index in [9.17, 15) is 15.2 Å². The van der Waals surface area contributed by atoms with Crippen LogP contribution in [-0.4, -0.2) is 23.9 Å². The van der Waals surface area contributed by atoms with E-state index in [0.717, 1.165) is 16.8 Å². The Kier molecular flexibility index (Phi) is 4.53. The number of rotatable bonds is 5. The van der Waals surface area contributed by atoms with Gasteiger partial charge in [0.15, 0.2) is 0 Å². The molecule has 1 atom stereocenters. The molecule has 1 unspecified atom stereocenters. The van der Waals surface area contributed by atoms with Gasteiger partial charge in [0.2, 0.25) is 0 Å². The molecule has 126 valence electrons. The number of nitriles is 1. The van der Waals surface area contributed by atoms with E-state index < -0.39 is 11.4 Å². The van der Waals surface area contributed by atoms with Crippen molar-refractivity contribution in [2.24, 2.45) is 4.99 Å². The molecule has 1 aliphatic rings. The summed E-state index contributed by atoms with van der Waals surface area (Å²) in [6.07, 6.45) is 0.744. The molecule has 0 aromatic heterocycles. The highest BCUT2D eigenvalue weighted by Gasteiger charge is 2.43. The summed E-state index contributed by atoms with van der Waals surface area (Å²) in [4.78, 5) is 15.8. The van der Waals surface area contributed by atoms with E-state index in [0.29, 0.717) is 17.9 Å². The van der Waals surface area contributed by atoms with Crippen molar-refractivity contribution in [1.29, 1.82) is 5.26 Å². The number of aliphatic carboxylic acids is 1. The van der Waals surface area contributed by atoms with Gasteiger partial charge in [-0.2, -0.15) is 5.26 Å². The summed E-state index contributed by atoms with van der Waals surface area (Å²) in [6.45, 7) is 0. The molecule has 25 heavy (non-hydrogen) atoms. The van der Waals surface area contributed by atoms with E-state index in [-0.39, 0.29) is 12.8 Å². The molecule has 0 bridgehead atoms. The maximum Gasteiger partial charge on any atom is 0.303 e. The van der Waals surface area contributed by atoms with Gasteiger partial charge in [-0.05, 0) is 30.5 Å². The highest BCUT2D eigenvalue weighted by Crippen LogP contribution is 2.44. The van der Waals surface area contributed by atoms with Crippen molar-refractivity contribution >= 4 is 17.4 Å². The molecule has 0 saturated carbocycles. The second-order valence-electron chi connectivity index (χ2n) is 6.05. The van der Waals surface area contributed by atoms with Crippen molar-refractivity contribution in [2.45, 2.75) is 24.7 Å². The monoisotopic (exact) mass is 334 g/mol. The normalized spacial score (nSPS) is 18.6. The van der Waals surface area contributed by atoms with Gasteiger partial charge in [-0.15, -0.1) is 0 Å². The van der Waals surface area contributed by atoms with E-state index in [4.69, 9.17) is 4.74 Å². The molecule has 2 aromatic carbocycles. The van der Waals surface area contributed by atoms with Crippen molar-refractivity contribution in [1.82, 2.24) is 0 Å².